The molecule has 4 rings (SSSR count). The molecule has 31 heavy (non-hydrogen) atoms. The molecule has 0 aromatic carbocycles. The molecule has 1 aliphatic heterocycles. The van der Waals surface area contributed by atoms with Crippen LogP contribution in [0.4, 0.5) is 0 Å². The summed E-state index contributed by atoms with van der Waals surface area (Å²) in [6.45, 7) is 8.93. The van der Waals surface area contributed by atoms with E-state index in [2.05, 4.69) is 19.9 Å². The number of hydrogen-bond acceptors (Lipinski definition) is 8. The van der Waals surface area contributed by atoms with Gasteiger partial charge in [0, 0.05) is 31.3 Å². The molecule has 162 valence electrons. The van der Waals surface area contributed by atoms with Gasteiger partial charge < -0.3 is 14.2 Å². The Hall–Kier alpha value is -3.43. The maximum atomic E-state index is 8.31. The molecule has 1 fully saturated rings. The Kier molecular flexibility index (Phi) is 5.62. The summed E-state index contributed by atoms with van der Waals surface area (Å²) in [6.07, 6.45) is 6.06. The Morgan fingerprint density at radius 1 is 1.23 bits per heavy atom. The van der Waals surface area contributed by atoms with Gasteiger partial charge in [-0.05, 0) is 20.3 Å². The van der Waals surface area contributed by atoms with E-state index in [0.29, 0.717) is 60.5 Å². The second-order valence-corrected chi connectivity index (χ2v) is 7.93. The van der Waals surface area contributed by atoms with Crippen molar-refractivity contribution in [1.29, 1.82) is 10.8 Å². The molecule has 0 bridgehead atoms. The highest BCUT2D eigenvalue weighted by atomic mass is 16.5. The van der Waals surface area contributed by atoms with Gasteiger partial charge >= 0.3 is 0 Å². The van der Waals surface area contributed by atoms with Crippen LogP contribution in [0.3, 0.4) is 0 Å². The molecule has 0 saturated carbocycles. The molecule has 3 aromatic rings. The quantitative estimate of drug-likeness (QED) is 0.478. The summed E-state index contributed by atoms with van der Waals surface area (Å²) in [5.41, 5.74) is 2.09. The van der Waals surface area contributed by atoms with Crippen LogP contribution in [0.5, 0.6) is 5.88 Å². The van der Waals surface area contributed by atoms with Crippen LogP contribution in [0.25, 0.3) is 22.6 Å². The van der Waals surface area contributed by atoms with E-state index < -0.39 is 0 Å². The van der Waals surface area contributed by atoms with Crippen LogP contribution >= 0.6 is 0 Å². The molecule has 0 aliphatic carbocycles. The van der Waals surface area contributed by atoms with Gasteiger partial charge in [-0.25, -0.2) is 19.9 Å². The summed E-state index contributed by atoms with van der Waals surface area (Å²) in [7, 11) is 0. The van der Waals surface area contributed by atoms with Gasteiger partial charge in [-0.15, -0.1) is 0 Å². The number of rotatable bonds is 5. The second-order valence-electron chi connectivity index (χ2n) is 7.93. The fraction of sp³-hybridized carbons (Fsp3) is 0.476. The van der Waals surface area contributed by atoms with Gasteiger partial charge in [0.2, 0.25) is 5.88 Å². The van der Waals surface area contributed by atoms with Crippen molar-refractivity contribution in [2.75, 3.05) is 6.54 Å². The van der Waals surface area contributed by atoms with Crippen LogP contribution in [-0.2, 0) is 6.54 Å². The molecule has 1 aliphatic rings. The van der Waals surface area contributed by atoms with Crippen LogP contribution in [-0.4, -0.2) is 58.7 Å². The molecule has 1 atom stereocenters. The second kappa shape index (κ2) is 8.37. The zero-order chi connectivity index (χ0) is 22.1. The summed E-state index contributed by atoms with van der Waals surface area (Å²) in [4.78, 5) is 23.9. The summed E-state index contributed by atoms with van der Waals surface area (Å²) < 4.78 is 8.25. The summed E-state index contributed by atoms with van der Waals surface area (Å²) in [5.74, 6) is 2.78. The van der Waals surface area contributed by atoms with Crippen molar-refractivity contribution in [2.24, 2.45) is 5.92 Å². The lowest BCUT2D eigenvalue weighted by molar-refractivity contribution is 0.157. The average Bonchev–Trinajstić information content (AvgIpc) is 3.14. The molecule has 10 heteroatoms. The fourth-order valence-electron chi connectivity index (χ4n) is 3.68. The monoisotopic (exact) mass is 421 g/mol. The van der Waals surface area contributed by atoms with Crippen molar-refractivity contribution >= 4 is 22.8 Å². The molecular weight excluding hydrogens is 394 g/mol. The number of ether oxygens (including phenoxy) is 1. The van der Waals surface area contributed by atoms with Crippen molar-refractivity contribution < 1.29 is 4.74 Å². The van der Waals surface area contributed by atoms with Gasteiger partial charge in [-0.3, -0.25) is 10.8 Å². The molecule has 0 spiro atoms. The minimum Gasteiger partial charge on any atom is -0.471 e. The highest BCUT2D eigenvalue weighted by molar-refractivity contribution is 5.99. The molecule has 0 radical (unpaired) electrons. The first-order valence-corrected chi connectivity index (χ1v) is 10.5. The number of likely N-dealkylation sites (tertiary alicyclic amines) is 1. The third-order valence-corrected chi connectivity index (χ3v) is 5.38. The minimum absolute atomic E-state index is 0.0457. The van der Waals surface area contributed by atoms with Gasteiger partial charge in [0.05, 0.1) is 12.1 Å². The number of hydrogen-bond donors (Lipinski definition) is 2. The number of nitrogens with zero attached hydrogens (tertiary/aromatic N) is 7. The Bertz CT molecular complexity index is 1120. The van der Waals surface area contributed by atoms with Gasteiger partial charge in [-0.2, -0.15) is 4.98 Å². The zero-order valence-corrected chi connectivity index (χ0v) is 18.3. The van der Waals surface area contributed by atoms with Crippen LogP contribution < -0.4 is 4.74 Å². The topological polar surface area (TPSA) is 130 Å². The minimum atomic E-state index is -0.191. The molecule has 1 saturated heterocycles. The van der Waals surface area contributed by atoms with E-state index in [1.807, 2.05) is 32.3 Å². The lowest BCUT2D eigenvalue weighted by Crippen LogP contribution is -2.48. The fourth-order valence-corrected chi connectivity index (χ4v) is 3.68. The number of piperidine rings is 1. The number of aryl methyl sites for hydroxylation is 2. The van der Waals surface area contributed by atoms with E-state index in [4.69, 9.17) is 20.5 Å². The van der Waals surface area contributed by atoms with Gasteiger partial charge in [0.15, 0.2) is 11.2 Å². The molecule has 0 amide bonds. The average molecular weight is 422 g/mol. The number of imidazole rings is 1. The number of fused-ring (bicyclic) bond motifs is 1. The van der Waals surface area contributed by atoms with E-state index in [0.717, 1.165) is 11.4 Å². The Balaban J connectivity index is 1.66. The number of amidine groups is 2. The first kappa shape index (κ1) is 20.8. The van der Waals surface area contributed by atoms with Crippen LogP contribution in [0.2, 0.25) is 0 Å². The van der Waals surface area contributed by atoms with Gasteiger partial charge in [-0.1, -0.05) is 13.8 Å². The normalized spacial score (nSPS) is 16.9. The van der Waals surface area contributed by atoms with Crippen molar-refractivity contribution in [2.45, 2.75) is 53.2 Å². The predicted molar refractivity (Wildman–Crippen MR) is 117 cm³/mol. The number of aromatic nitrogens is 6. The number of nitrogens with one attached hydrogen (secondary N) is 2. The molecule has 1 unspecified atom stereocenters. The molecule has 2 N–H and O–H groups in total. The van der Waals surface area contributed by atoms with Crippen molar-refractivity contribution in [3.05, 3.63) is 24.5 Å². The Morgan fingerprint density at radius 2 is 1.97 bits per heavy atom. The molecular formula is C21H27N9O. The molecule has 4 heterocycles. The molecule has 3 aromatic heterocycles. The van der Waals surface area contributed by atoms with Crippen LogP contribution in [0.15, 0.2) is 18.7 Å². The Labute approximate surface area is 180 Å². The lowest BCUT2D eigenvalue weighted by Gasteiger charge is -2.35. The smallest absolute Gasteiger partial charge is 0.245 e. The first-order chi connectivity index (χ1) is 14.9. The standard InChI is InChI=1S/C21H27N9O/c1-5-29-19(14-8-24-13(4)25-9-14)28-17-20(29)26-11-27-21(17)31-15-6-7-16(22)30(10-15)18(23)12(2)3/h8-9,11-12,15,22-23H,5-7,10H2,1-4H3. The third-order valence-electron chi connectivity index (χ3n) is 5.38. The van der Waals surface area contributed by atoms with E-state index >= 15 is 0 Å². The van der Waals surface area contributed by atoms with Crippen molar-refractivity contribution in [3.63, 3.8) is 0 Å². The molecule has 10 nitrogen and oxygen atoms in total. The van der Waals surface area contributed by atoms with E-state index in [1.54, 1.807) is 17.3 Å². The van der Waals surface area contributed by atoms with Crippen LogP contribution in [0.1, 0.15) is 39.4 Å². The highest BCUT2D eigenvalue weighted by Gasteiger charge is 2.29. The SMILES string of the molecule is CCn1c(-c2cnc(C)nc2)nc2c(OC3CCC(=N)N(C(=N)C(C)C)C3)ncnc21. The third kappa shape index (κ3) is 3.97. The zero-order valence-electron chi connectivity index (χ0n) is 18.3. The van der Waals surface area contributed by atoms with Crippen LogP contribution in [0, 0.1) is 23.7 Å². The maximum absolute atomic E-state index is 8.31. The van der Waals surface area contributed by atoms with E-state index in [-0.39, 0.29) is 12.0 Å². The highest BCUT2D eigenvalue weighted by Crippen LogP contribution is 2.29. The first-order valence-electron chi connectivity index (χ1n) is 10.5. The maximum Gasteiger partial charge on any atom is 0.245 e. The summed E-state index contributed by atoms with van der Waals surface area (Å²) in [6, 6.07) is 0. The summed E-state index contributed by atoms with van der Waals surface area (Å²) in [5, 5.41) is 16.5. The predicted octanol–water partition coefficient (Wildman–Crippen LogP) is 3.07. The van der Waals surface area contributed by atoms with Crippen molar-refractivity contribution in [3.8, 4) is 17.3 Å². The van der Waals surface area contributed by atoms with Gasteiger partial charge in [0.1, 0.15) is 35.8 Å². The Morgan fingerprint density at radius 3 is 2.65 bits per heavy atom. The lowest BCUT2D eigenvalue weighted by atomic mass is 10.0. The largest absolute Gasteiger partial charge is 0.471 e. The van der Waals surface area contributed by atoms with Crippen molar-refractivity contribution in [1.82, 2.24) is 34.4 Å². The summed E-state index contributed by atoms with van der Waals surface area (Å²) >= 11 is 0. The van der Waals surface area contributed by atoms with Gasteiger partial charge in [0.25, 0.3) is 0 Å². The van der Waals surface area contributed by atoms with E-state index in [9.17, 15) is 0 Å². The van der Waals surface area contributed by atoms with E-state index in [1.165, 1.54) is 6.33 Å².